The van der Waals surface area contributed by atoms with Gasteiger partial charge in [0.15, 0.2) is 17.5 Å². The zero-order valence-corrected chi connectivity index (χ0v) is 9.51. The number of carbonyl (C=O) groups is 1. The number of hydrogen-bond donors (Lipinski definition) is 1. The Morgan fingerprint density at radius 2 is 1.72 bits per heavy atom. The lowest BCUT2D eigenvalue weighted by Crippen LogP contribution is -2.39. The van der Waals surface area contributed by atoms with Crippen LogP contribution in [0, 0.1) is 17.5 Å². The summed E-state index contributed by atoms with van der Waals surface area (Å²) in [4.78, 5) is 11.7. The van der Waals surface area contributed by atoms with Crippen molar-refractivity contribution in [2.45, 2.75) is 18.9 Å². The summed E-state index contributed by atoms with van der Waals surface area (Å²) in [5, 5.41) is 2.63. The lowest BCUT2D eigenvalue weighted by atomic mass is 10.1. The molecule has 1 aliphatic heterocycles. The Kier molecular flexibility index (Phi) is 3.86. The molecule has 0 unspecified atom stereocenters. The zero-order valence-electron chi connectivity index (χ0n) is 9.51. The Hall–Kier alpha value is -1.56. The van der Waals surface area contributed by atoms with Gasteiger partial charge in [0.2, 0.25) is 0 Å². The predicted octanol–water partition coefficient (Wildman–Crippen LogP) is 2.01. The molecule has 0 aliphatic carbocycles. The minimum absolute atomic E-state index is 0.0811. The Morgan fingerprint density at radius 1 is 1.17 bits per heavy atom. The first-order valence-corrected chi connectivity index (χ1v) is 5.61. The fraction of sp³-hybridized carbons (Fsp3) is 0.417. The lowest BCUT2D eigenvalue weighted by molar-refractivity contribution is 0.0696. The summed E-state index contributed by atoms with van der Waals surface area (Å²) >= 11 is 0. The van der Waals surface area contributed by atoms with Gasteiger partial charge in [-0.3, -0.25) is 4.79 Å². The van der Waals surface area contributed by atoms with Gasteiger partial charge in [-0.1, -0.05) is 0 Å². The van der Waals surface area contributed by atoms with Crippen LogP contribution in [0.1, 0.15) is 23.2 Å². The van der Waals surface area contributed by atoms with Crippen LogP contribution in [0.25, 0.3) is 0 Å². The van der Waals surface area contributed by atoms with Gasteiger partial charge < -0.3 is 10.1 Å². The van der Waals surface area contributed by atoms with Crippen molar-refractivity contribution in [3.63, 3.8) is 0 Å². The molecule has 0 aromatic heterocycles. The van der Waals surface area contributed by atoms with E-state index in [9.17, 15) is 18.0 Å². The summed E-state index contributed by atoms with van der Waals surface area (Å²) in [5.74, 6) is -4.92. The van der Waals surface area contributed by atoms with Gasteiger partial charge >= 0.3 is 0 Å². The van der Waals surface area contributed by atoms with E-state index in [4.69, 9.17) is 4.74 Å². The Balaban J connectivity index is 2.08. The molecule has 1 aromatic carbocycles. The van der Waals surface area contributed by atoms with Crippen LogP contribution in [0.5, 0.6) is 0 Å². The molecule has 0 saturated carbocycles. The number of ether oxygens (including phenoxy) is 1. The third kappa shape index (κ3) is 2.81. The smallest absolute Gasteiger partial charge is 0.251 e. The van der Waals surface area contributed by atoms with E-state index >= 15 is 0 Å². The topological polar surface area (TPSA) is 38.3 Å². The van der Waals surface area contributed by atoms with Gasteiger partial charge in [-0.2, -0.15) is 0 Å². The molecule has 98 valence electrons. The molecule has 1 aliphatic rings. The van der Waals surface area contributed by atoms with Crippen molar-refractivity contribution in [1.82, 2.24) is 5.32 Å². The molecule has 0 spiro atoms. The van der Waals surface area contributed by atoms with Crippen LogP contribution in [0.4, 0.5) is 13.2 Å². The number of hydrogen-bond acceptors (Lipinski definition) is 2. The second-order valence-electron chi connectivity index (χ2n) is 4.11. The monoisotopic (exact) mass is 259 g/mol. The fourth-order valence-corrected chi connectivity index (χ4v) is 1.80. The second kappa shape index (κ2) is 5.39. The predicted molar refractivity (Wildman–Crippen MR) is 57.6 cm³/mol. The highest BCUT2D eigenvalue weighted by molar-refractivity contribution is 5.94. The van der Waals surface area contributed by atoms with Crippen LogP contribution in [0.15, 0.2) is 12.1 Å². The average Bonchev–Trinajstić information content (AvgIpc) is 2.36. The van der Waals surface area contributed by atoms with Crippen molar-refractivity contribution in [2.75, 3.05) is 13.2 Å². The first-order chi connectivity index (χ1) is 8.58. The van der Waals surface area contributed by atoms with E-state index < -0.39 is 23.4 Å². The minimum atomic E-state index is -1.57. The average molecular weight is 259 g/mol. The largest absolute Gasteiger partial charge is 0.381 e. The van der Waals surface area contributed by atoms with Crippen LogP contribution in [0.3, 0.4) is 0 Å². The molecule has 0 radical (unpaired) electrons. The maximum Gasteiger partial charge on any atom is 0.251 e. The van der Waals surface area contributed by atoms with E-state index in [2.05, 4.69) is 5.32 Å². The quantitative estimate of drug-likeness (QED) is 0.825. The highest BCUT2D eigenvalue weighted by Crippen LogP contribution is 2.14. The van der Waals surface area contributed by atoms with Crippen LogP contribution < -0.4 is 5.32 Å². The van der Waals surface area contributed by atoms with Gasteiger partial charge in [0.05, 0.1) is 0 Å². The molecule has 1 N–H and O–H groups in total. The van der Waals surface area contributed by atoms with Crippen molar-refractivity contribution in [2.24, 2.45) is 0 Å². The van der Waals surface area contributed by atoms with E-state index in [-0.39, 0.29) is 11.6 Å². The van der Waals surface area contributed by atoms with E-state index in [0.29, 0.717) is 38.2 Å². The van der Waals surface area contributed by atoms with Gasteiger partial charge in [-0.05, 0) is 25.0 Å². The summed E-state index contributed by atoms with van der Waals surface area (Å²) < 4.78 is 43.8. The maximum atomic E-state index is 13.0. The molecular weight excluding hydrogens is 247 g/mol. The Labute approximate surface area is 102 Å². The highest BCUT2D eigenvalue weighted by Gasteiger charge is 2.19. The van der Waals surface area contributed by atoms with Gasteiger partial charge in [-0.25, -0.2) is 13.2 Å². The van der Waals surface area contributed by atoms with Crippen molar-refractivity contribution in [3.8, 4) is 0 Å². The minimum Gasteiger partial charge on any atom is -0.381 e. The van der Waals surface area contributed by atoms with Crippen molar-refractivity contribution < 1.29 is 22.7 Å². The van der Waals surface area contributed by atoms with E-state index in [1.165, 1.54) is 0 Å². The lowest BCUT2D eigenvalue weighted by Gasteiger charge is -2.23. The summed E-state index contributed by atoms with van der Waals surface area (Å²) in [6.45, 7) is 1.08. The third-order valence-electron chi connectivity index (χ3n) is 2.80. The number of rotatable bonds is 2. The van der Waals surface area contributed by atoms with Gasteiger partial charge in [-0.15, -0.1) is 0 Å². The Morgan fingerprint density at radius 3 is 2.28 bits per heavy atom. The molecule has 1 heterocycles. The molecule has 0 bridgehead atoms. The third-order valence-corrected chi connectivity index (χ3v) is 2.80. The van der Waals surface area contributed by atoms with Gasteiger partial charge in [0, 0.05) is 24.8 Å². The molecule has 18 heavy (non-hydrogen) atoms. The first kappa shape index (κ1) is 12.9. The molecule has 6 heteroatoms. The molecule has 1 fully saturated rings. The zero-order chi connectivity index (χ0) is 13.1. The molecule has 3 nitrogen and oxygen atoms in total. The summed E-state index contributed by atoms with van der Waals surface area (Å²) in [7, 11) is 0. The molecule has 1 saturated heterocycles. The van der Waals surface area contributed by atoms with Crippen LogP contribution in [-0.2, 0) is 4.74 Å². The molecular formula is C12H12F3NO2. The first-order valence-electron chi connectivity index (χ1n) is 5.61. The second-order valence-corrected chi connectivity index (χ2v) is 4.11. The van der Waals surface area contributed by atoms with Crippen molar-refractivity contribution >= 4 is 5.91 Å². The van der Waals surface area contributed by atoms with Crippen molar-refractivity contribution in [1.29, 1.82) is 0 Å². The highest BCUT2D eigenvalue weighted by atomic mass is 19.2. The van der Waals surface area contributed by atoms with Crippen LogP contribution in [0.2, 0.25) is 0 Å². The van der Waals surface area contributed by atoms with Crippen LogP contribution >= 0.6 is 0 Å². The fourth-order valence-electron chi connectivity index (χ4n) is 1.80. The van der Waals surface area contributed by atoms with E-state index in [0.717, 1.165) is 0 Å². The van der Waals surface area contributed by atoms with Gasteiger partial charge in [0.1, 0.15) is 0 Å². The number of benzene rings is 1. The maximum absolute atomic E-state index is 13.0. The SMILES string of the molecule is O=C(NC1CCOCC1)c1cc(F)c(F)c(F)c1. The standard InChI is InChI=1S/C12H12F3NO2/c13-9-5-7(6-10(14)11(9)15)12(17)16-8-1-3-18-4-2-8/h5-6,8H,1-4H2,(H,16,17). The van der Waals surface area contributed by atoms with Crippen molar-refractivity contribution in [3.05, 3.63) is 35.1 Å². The number of carbonyl (C=O) groups excluding carboxylic acids is 1. The molecule has 1 aromatic rings. The van der Waals surface area contributed by atoms with Crippen LogP contribution in [-0.4, -0.2) is 25.2 Å². The molecule has 1 amide bonds. The number of halogens is 3. The number of nitrogens with one attached hydrogen (secondary N) is 1. The Bertz CT molecular complexity index is 436. The summed E-state index contributed by atoms with van der Waals surface area (Å²) in [6, 6.07) is 1.29. The summed E-state index contributed by atoms with van der Waals surface area (Å²) in [5.41, 5.74) is -0.224. The van der Waals surface area contributed by atoms with E-state index in [1.54, 1.807) is 0 Å². The molecule has 2 rings (SSSR count). The van der Waals surface area contributed by atoms with Gasteiger partial charge in [0.25, 0.3) is 5.91 Å². The number of amides is 1. The summed E-state index contributed by atoms with van der Waals surface area (Å²) in [6.07, 6.45) is 1.30. The normalized spacial score (nSPS) is 16.6. The molecule has 0 atom stereocenters. The van der Waals surface area contributed by atoms with E-state index in [1.807, 2.05) is 0 Å².